The molecule has 0 bridgehead atoms. The van der Waals surface area contributed by atoms with Gasteiger partial charge in [-0.15, -0.1) is 0 Å². The highest BCUT2D eigenvalue weighted by Gasteiger charge is 2.20. The fourth-order valence-corrected chi connectivity index (χ4v) is 2.73. The van der Waals surface area contributed by atoms with E-state index in [1.54, 1.807) is 6.07 Å². The molecule has 0 radical (unpaired) electrons. The van der Waals surface area contributed by atoms with Crippen molar-refractivity contribution in [2.75, 3.05) is 5.73 Å². The second kappa shape index (κ2) is 5.61. The van der Waals surface area contributed by atoms with Gasteiger partial charge in [0.2, 0.25) is 0 Å². The molecule has 1 aliphatic rings. The standard InChI is InChI=1S/C15H18FN3O/c16-12-8-7-11(9-13(12)17)15-18-14(19-20-15)10-5-3-1-2-4-6-10/h7-10H,1-6,17H2. The van der Waals surface area contributed by atoms with Gasteiger partial charge in [-0.3, -0.25) is 0 Å². The number of halogens is 1. The second-order valence-electron chi connectivity index (χ2n) is 5.38. The highest BCUT2D eigenvalue weighted by Crippen LogP contribution is 2.31. The molecule has 0 spiro atoms. The SMILES string of the molecule is Nc1cc(-c2nc(C3CCCCCC3)no2)ccc1F. The molecule has 1 aromatic heterocycles. The van der Waals surface area contributed by atoms with Crippen molar-refractivity contribution in [2.45, 2.75) is 44.4 Å². The van der Waals surface area contributed by atoms with Crippen molar-refractivity contribution in [3.05, 3.63) is 29.8 Å². The lowest BCUT2D eigenvalue weighted by Gasteiger charge is -2.07. The Bertz CT molecular complexity index is 589. The summed E-state index contributed by atoms with van der Waals surface area (Å²) in [7, 11) is 0. The first-order valence-electron chi connectivity index (χ1n) is 7.13. The van der Waals surface area contributed by atoms with Crippen LogP contribution in [0.3, 0.4) is 0 Å². The minimum absolute atomic E-state index is 0.0942. The molecule has 106 valence electrons. The maximum atomic E-state index is 13.2. The number of nitrogen functional groups attached to an aromatic ring is 1. The first kappa shape index (κ1) is 13.1. The van der Waals surface area contributed by atoms with Gasteiger partial charge in [0.15, 0.2) is 5.82 Å². The number of nitrogens with two attached hydrogens (primary N) is 1. The summed E-state index contributed by atoms with van der Waals surface area (Å²) in [6, 6.07) is 4.45. The van der Waals surface area contributed by atoms with Crippen molar-refractivity contribution < 1.29 is 8.91 Å². The van der Waals surface area contributed by atoms with Crippen LogP contribution >= 0.6 is 0 Å². The van der Waals surface area contributed by atoms with Gasteiger partial charge >= 0.3 is 0 Å². The van der Waals surface area contributed by atoms with Crippen LogP contribution in [0.1, 0.15) is 50.3 Å². The molecule has 3 rings (SSSR count). The molecule has 1 saturated carbocycles. The fourth-order valence-electron chi connectivity index (χ4n) is 2.73. The number of anilines is 1. The predicted octanol–water partition coefficient (Wildman–Crippen LogP) is 3.90. The van der Waals surface area contributed by atoms with Crippen molar-refractivity contribution in [3.8, 4) is 11.5 Å². The van der Waals surface area contributed by atoms with Gasteiger partial charge in [0.25, 0.3) is 5.89 Å². The monoisotopic (exact) mass is 275 g/mol. The average Bonchev–Trinajstić information content (AvgIpc) is 2.78. The van der Waals surface area contributed by atoms with Gasteiger partial charge < -0.3 is 10.3 Å². The van der Waals surface area contributed by atoms with Crippen molar-refractivity contribution >= 4 is 5.69 Å². The Morgan fingerprint density at radius 2 is 1.90 bits per heavy atom. The lowest BCUT2D eigenvalue weighted by Crippen LogP contribution is -1.99. The minimum atomic E-state index is -0.433. The van der Waals surface area contributed by atoms with Crippen LogP contribution < -0.4 is 5.73 Å². The molecular weight excluding hydrogens is 257 g/mol. The van der Waals surface area contributed by atoms with Crippen LogP contribution in [0.5, 0.6) is 0 Å². The average molecular weight is 275 g/mol. The largest absolute Gasteiger partial charge is 0.396 e. The summed E-state index contributed by atoms with van der Waals surface area (Å²) in [4.78, 5) is 4.46. The van der Waals surface area contributed by atoms with Crippen LogP contribution in [0.15, 0.2) is 22.7 Å². The summed E-state index contributed by atoms with van der Waals surface area (Å²) < 4.78 is 18.5. The molecule has 1 heterocycles. The van der Waals surface area contributed by atoms with Gasteiger partial charge in [-0.2, -0.15) is 4.98 Å². The Hall–Kier alpha value is -1.91. The fraction of sp³-hybridized carbons (Fsp3) is 0.467. The van der Waals surface area contributed by atoms with Gasteiger partial charge in [0, 0.05) is 11.5 Å². The summed E-state index contributed by atoms with van der Waals surface area (Å²) in [6.45, 7) is 0. The van der Waals surface area contributed by atoms with Crippen LogP contribution in [0, 0.1) is 5.82 Å². The minimum Gasteiger partial charge on any atom is -0.396 e. The molecular formula is C15H18FN3O. The van der Waals surface area contributed by atoms with Gasteiger partial charge in [0.1, 0.15) is 5.82 Å². The number of hydrogen-bond acceptors (Lipinski definition) is 4. The van der Waals surface area contributed by atoms with Crippen molar-refractivity contribution in [3.63, 3.8) is 0 Å². The summed E-state index contributed by atoms with van der Waals surface area (Å²) in [5.41, 5.74) is 6.32. The Balaban J connectivity index is 1.83. The number of rotatable bonds is 2. The molecule has 1 fully saturated rings. The second-order valence-corrected chi connectivity index (χ2v) is 5.38. The zero-order chi connectivity index (χ0) is 13.9. The third-order valence-corrected chi connectivity index (χ3v) is 3.91. The van der Waals surface area contributed by atoms with Crippen LogP contribution in [0.4, 0.5) is 10.1 Å². The summed E-state index contributed by atoms with van der Waals surface area (Å²) in [6.07, 6.45) is 7.25. The number of hydrogen-bond donors (Lipinski definition) is 1. The molecule has 0 aliphatic heterocycles. The van der Waals surface area contributed by atoms with Crippen LogP contribution in [-0.2, 0) is 0 Å². The van der Waals surface area contributed by atoms with Crippen LogP contribution in [0.2, 0.25) is 0 Å². The maximum Gasteiger partial charge on any atom is 0.258 e. The zero-order valence-electron chi connectivity index (χ0n) is 11.3. The topological polar surface area (TPSA) is 64.9 Å². The van der Waals surface area contributed by atoms with E-state index >= 15 is 0 Å². The van der Waals surface area contributed by atoms with E-state index in [0.29, 0.717) is 17.4 Å². The molecule has 4 nitrogen and oxygen atoms in total. The van der Waals surface area contributed by atoms with E-state index in [4.69, 9.17) is 10.3 Å². The smallest absolute Gasteiger partial charge is 0.258 e. The predicted molar refractivity (Wildman–Crippen MR) is 74.5 cm³/mol. The zero-order valence-corrected chi connectivity index (χ0v) is 11.3. The Kier molecular flexibility index (Phi) is 3.67. The third-order valence-electron chi connectivity index (χ3n) is 3.91. The van der Waals surface area contributed by atoms with E-state index in [0.717, 1.165) is 18.7 Å². The highest BCUT2D eigenvalue weighted by atomic mass is 19.1. The van der Waals surface area contributed by atoms with Gasteiger partial charge in [-0.05, 0) is 31.0 Å². The molecule has 0 unspecified atom stereocenters. The Morgan fingerprint density at radius 3 is 2.60 bits per heavy atom. The molecule has 1 aliphatic carbocycles. The quantitative estimate of drug-likeness (QED) is 0.667. The van der Waals surface area contributed by atoms with Crippen molar-refractivity contribution in [1.29, 1.82) is 0 Å². The summed E-state index contributed by atoms with van der Waals surface area (Å²) >= 11 is 0. The van der Waals surface area contributed by atoms with Crippen LogP contribution in [0.25, 0.3) is 11.5 Å². The third kappa shape index (κ3) is 2.66. The normalized spacial score (nSPS) is 17.1. The highest BCUT2D eigenvalue weighted by molar-refractivity contribution is 5.60. The van der Waals surface area contributed by atoms with E-state index in [-0.39, 0.29) is 5.69 Å². The first-order valence-corrected chi connectivity index (χ1v) is 7.13. The number of nitrogens with zero attached hydrogens (tertiary/aromatic N) is 2. The van der Waals surface area contributed by atoms with E-state index in [1.807, 2.05) is 0 Å². The van der Waals surface area contributed by atoms with Gasteiger partial charge in [-0.25, -0.2) is 4.39 Å². The van der Waals surface area contributed by atoms with E-state index in [2.05, 4.69) is 10.1 Å². The summed E-state index contributed by atoms with van der Waals surface area (Å²) in [5.74, 6) is 1.13. The lowest BCUT2D eigenvalue weighted by atomic mass is 10.00. The molecule has 2 aromatic rings. The van der Waals surface area contributed by atoms with Crippen molar-refractivity contribution in [1.82, 2.24) is 10.1 Å². The van der Waals surface area contributed by atoms with Crippen molar-refractivity contribution in [2.24, 2.45) is 0 Å². The molecule has 1 aromatic carbocycles. The number of benzene rings is 1. The molecule has 0 atom stereocenters. The molecule has 0 saturated heterocycles. The molecule has 2 N–H and O–H groups in total. The van der Waals surface area contributed by atoms with E-state index in [9.17, 15) is 4.39 Å². The van der Waals surface area contributed by atoms with Gasteiger partial charge in [-0.1, -0.05) is 30.8 Å². The van der Waals surface area contributed by atoms with Gasteiger partial charge in [0.05, 0.1) is 5.69 Å². The lowest BCUT2D eigenvalue weighted by molar-refractivity contribution is 0.410. The molecule has 0 amide bonds. The van der Waals surface area contributed by atoms with E-state index < -0.39 is 5.82 Å². The maximum absolute atomic E-state index is 13.2. The first-order chi connectivity index (χ1) is 9.74. The number of aromatic nitrogens is 2. The molecule has 5 heteroatoms. The van der Waals surface area contributed by atoms with Crippen LogP contribution in [-0.4, -0.2) is 10.1 Å². The summed E-state index contributed by atoms with van der Waals surface area (Å²) in [5, 5.41) is 4.09. The molecule has 20 heavy (non-hydrogen) atoms. The Morgan fingerprint density at radius 1 is 1.15 bits per heavy atom. The Labute approximate surface area is 117 Å². The van der Waals surface area contributed by atoms with E-state index in [1.165, 1.54) is 37.8 Å².